The van der Waals surface area contributed by atoms with Crippen LogP contribution in [0.25, 0.3) is 0 Å². The van der Waals surface area contributed by atoms with E-state index in [2.05, 4.69) is 28.2 Å². The maximum absolute atomic E-state index is 9.84. The zero-order valence-electron chi connectivity index (χ0n) is 12.5. The molecule has 0 spiro atoms. The second-order valence-corrected chi connectivity index (χ2v) is 5.96. The van der Waals surface area contributed by atoms with Crippen LogP contribution >= 0.6 is 15.9 Å². The van der Waals surface area contributed by atoms with E-state index in [4.69, 9.17) is 9.47 Å². The van der Waals surface area contributed by atoms with Crippen molar-refractivity contribution in [1.82, 2.24) is 5.32 Å². The summed E-state index contributed by atoms with van der Waals surface area (Å²) < 4.78 is 12.0. The summed E-state index contributed by atoms with van der Waals surface area (Å²) >= 11 is 3.44. The fourth-order valence-electron chi connectivity index (χ4n) is 1.68. The van der Waals surface area contributed by atoms with Gasteiger partial charge >= 0.3 is 0 Å². The Morgan fingerprint density at radius 2 is 1.95 bits per heavy atom. The average Bonchev–Trinajstić information content (AvgIpc) is 2.42. The molecule has 0 bridgehead atoms. The second-order valence-electron chi connectivity index (χ2n) is 5.04. The van der Waals surface area contributed by atoms with Gasteiger partial charge < -0.3 is 19.9 Å². The summed E-state index contributed by atoms with van der Waals surface area (Å²) in [5.74, 6) is 0.768. The number of aliphatic hydroxyl groups is 1. The van der Waals surface area contributed by atoms with Crippen molar-refractivity contribution in [1.29, 1.82) is 0 Å². The van der Waals surface area contributed by atoms with Crippen molar-refractivity contribution in [3.05, 3.63) is 28.2 Å². The fourth-order valence-corrected chi connectivity index (χ4v) is 2.02. The predicted octanol–water partition coefficient (Wildman–Crippen LogP) is 2.89. The van der Waals surface area contributed by atoms with E-state index in [-0.39, 0.29) is 25.4 Å². The van der Waals surface area contributed by atoms with Crippen LogP contribution < -0.4 is 10.1 Å². The lowest BCUT2D eigenvalue weighted by molar-refractivity contribution is -0.0124. The van der Waals surface area contributed by atoms with E-state index in [9.17, 15) is 5.11 Å². The minimum Gasteiger partial charge on any atom is -0.490 e. The zero-order valence-corrected chi connectivity index (χ0v) is 14.1. The highest BCUT2D eigenvalue weighted by Gasteiger charge is 2.13. The van der Waals surface area contributed by atoms with E-state index in [0.29, 0.717) is 0 Å². The molecule has 5 heteroatoms. The van der Waals surface area contributed by atoms with Crippen molar-refractivity contribution in [2.45, 2.75) is 39.0 Å². The molecule has 0 heterocycles. The molecule has 2 atom stereocenters. The van der Waals surface area contributed by atoms with Gasteiger partial charge in [-0.2, -0.15) is 0 Å². The Morgan fingerprint density at radius 3 is 2.55 bits per heavy atom. The molecule has 2 unspecified atom stereocenters. The largest absolute Gasteiger partial charge is 0.490 e. The molecule has 1 aromatic rings. The quantitative estimate of drug-likeness (QED) is 0.760. The number of ether oxygens (including phenoxy) is 2. The van der Waals surface area contributed by atoms with Crippen LogP contribution in [0.15, 0.2) is 22.7 Å². The molecule has 20 heavy (non-hydrogen) atoms. The molecule has 0 aliphatic rings. The van der Waals surface area contributed by atoms with E-state index in [0.717, 1.165) is 15.8 Å². The Balaban J connectivity index is 2.64. The summed E-state index contributed by atoms with van der Waals surface area (Å²) in [5, 5.41) is 13.0. The van der Waals surface area contributed by atoms with E-state index in [1.807, 2.05) is 39.1 Å². The van der Waals surface area contributed by atoms with Crippen LogP contribution in [0.5, 0.6) is 5.75 Å². The molecule has 0 aliphatic heterocycles. The SMILES string of the molecule is CNC(C)c1ccc(Br)cc1OCC(O)COC(C)C. The third-order valence-electron chi connectivity index (χ3n) is 2.93. The maximum atomic E-state index is 9.84. The molecule has 1 rings (SSSR count). The molecule has 0 amide bonds. The molecule has 0 fully saturated rings. The molecule has 0 radical (unpaired) electrons. The molecule has 0 aliphatic carbocycles. The standard InChI is InChI=1S/C15H24BrNO3/c1-10(2)19-8-13(18)9-20-15-7-12(16)5-6-14(15)11(3)17-4/h5-7,10-11,13,17-18H,8-9H2,1-4H3. The molecule has 0 saturated carbocycles. The first-order chi connectivity index (χ1) is 9.43. The summed E-state index contributed by atoms with van der Waals surface area (Å²) in [7, 11) is 1.90. The molecule has 0 saturated heterocycles. The molecular weight excluding hydrogens is 322 g/mol. The van der Waals surface area contributed by atoms with E-state index >= 15 is 0 Å². The number of hydrogen-bond donors (Lipinski definition) is 2. The van der Waals surface area contributed by atoms with Gasteiger partial charge in [0.1, 0.15) is 18.5 Å². The van der Waals surface area contributed by atoms with Gasteiger partial charge in [-0.15, -0.1) is 0 Å². The van der Waals surface area contributed by atoms with Crippen molar-refractivity contribution >= 4 is 15.9 Å². The Kier molecular flexibility index (Phi) is 7.51. The van der Waals surface area contributed by atoms with Crippen molar-refractivity contribution in [3.63, 3.8) is 0 Å². The summed E-state index contributed by atoms with van der Waals surface area (Å²) in [5.41, 5.74) is 1.06. The summed E-state index contributed by atoms with van der Waals surface area (Å²) in [6, 6.07) is 6.09. The number of aliphatic hydroxyl groups excluding tert-OH is 1. The van der Waals surface area contributed by atoms with Crippen LogP contribution in [-0.4, -0.2) is 37.6 Å². The van der Waals surface area contributed by atoms with E-state index in [1.54, 1.807) is 0 Å². The van der Waals surface area contributed by atoms with Gasteiger partial charge in [-0.1, -0.05) is 22.0 Å². The summed E-state index contributed by atoms with van der Waals surface area (Å²) in [6.45, 7) is 6.44. The number of benzene rings is 1. The third kappa shape index (κ3) is 5.79. The van der Waals surface area contributed by atoms with Crippen molar-refractivity contribution in [2.24, 2.45) is 0 Å². The van der Waals surface area contributed by atoms with Gasteiger partial charge in [-0.3, -0.25) is 0 Å². The molecule has 4 nitrogen and oxygen atoms in total. The number of rotatable bonds is 8. The van der Waals surface area contributed by atoms with Gasteiger partial charge in [-0.25, -0.2) is 0 Å². The Morgan fingerprint density at radius 1 is 1.25 bits per heavy atom. The number of nitrogens with one attached hydrogen (secondary N) is 1. The first kappa shape index (κ1) is 17.4. The van der Waals surface area contributed by atoms with Gasteiger partial charge in [0, 0.05) is 16.1 Å². The zero-order chi connectivity index (χ0) is 15.1. The minimum absolute atomic E-state index is 0.107. The second kappa shape index (κ2) is 8.62. The van der Waals surface area contributed by atoms with E-state index in [1.165, 1.54) is 0 Å². The maximum Gasteiger partial charge on any atom is 0.125 e. The van der Waals surface area contributed by atoms with Crippen molar-refractivity contribution < 1.29 is 14.6 Å². The van der Waals surface area contributed by atoms with Gasteiger partial charge in [0.25, 0.3) is 0 Å². The Bertz CT molecular complexity index is 412. The molecule has 114 valence electrons. The van der Waals surface area contributed by atoms with Crippen molar-refractivity contribution in [2.75, 3.05) is 20.3 Å². The van der Waals surface area contributed by atoms with Crippen LogP contribution in [0.1, 0.15) is 32.4 Å². The Hall–Kier alpha value is -0.620. The summed E-state index contributed by atoms with van der Waals surface area (Å²) in [6.07, 6.45) is -0.524. The lowest BCUT2D eigenvalue weighted by Crippen LogP contribution is -2.25. The van der Waals surface area contributed by atoms with Crippen LogP contribution in [0.4, 0.5) is 0 Å². The van der Waals surface area contributed by atoms with Gasteiger partial charge in [0.05, 0.1) is 12.7 Å². The van der Waals surface area contributed by atoms with Gasteiger partial charge in [0.15, 0.2) is 0 Å². The highest BCUT2D eigenvalue weighted by molar-refractivity contribution is 9.10. The van der Waals surface area contributed by atoms with E-state index < -0.39 is 6.10 Å². The van der Waals surface area contributed by atoms with Gasteiger partial charge in [-0.05, 0) is 40.0 Å². The van der Waals surface area contributed by atoms with Crippen molar-refractivity contribution in [3.8, 4) is 5.75 Å². The van der Waals surface area contributed by atoms with Crippen LogP contribution in [-0.2, 0) is 4.74 Å². The minimum atomic E-state index is -0.630. The molecule has 1 aromatic carbocycles. The highest BCUT2D eigenvalue weighted by atomic mass is 79.9. The predicted molar refractivity (Wildman–Crippen MR) is 84.2 cm³/mol. The molecule has 0 aromatic heterocycles. The molecular formula is C15H24BrNO3. The lowest BCUT2D eigenvalue weighted by Gasteiger charge is -2.19. The average molecular weight is 346 g/mol. The smallest absolute Gasteiger partial charge is 0.125 e. The normalized spacial score (nSPS) is 14.3. The Labute approximate surface area is 129 Å². The summed E-state index contributed by atoms with van der Waals surface area (Å²) in [4.78, 5) is 0. The topological polar surface area (TPSA) is 50.7 Å². The third-order valence-corrected chi connectivity index (χ3v) is 3.42. The first-order valence-corrected chi connectivity index (χ1v) is 7.62. The monoisotopic (exact) mass is 345 g/mol. The lowest BCUT2D eigenvalue weighted by atomic mass is 10.1. The number of halogens is 1. The van der Waals surface area contributed by atoms with Crippen LogP contribution in [0.2, 0.25) is 0 Å². The first-order valence-electron chi connectivity index (χ1n) is 6.83. The molecule has 2 N–H and O–H groups in total. The van der Waals surface area contributed by atoms with Crippen LogP contribution in [0, 0.1) is 0 Å². The van der Waals surface area contributed by atoms with Crippen LogP contribution in [0.3, 0.4) is 0 Å². The van der Waals surface area contributed by atoms with Gasteiger partial charge in [0.2, 0.25) is 0 Å². The number of hydrogen-bond acceptors (Lipinski definition) is 4. The fraction of sp³-hybridized carbons (Fsp3) is 0.600. The highest BCUT2D eigenvalue weighted by Crippen LogP contribution is 2.28.